The maximum absolute atomic E-state index is 13.0. The highest BCUT2D eigenvalue weighted by Gasteiger charge is 2.38. The van der Waals surface area contributed by atoms with Crippen LogP contribution in [0, 0.1) is 18.7 Å². The smallest absolute Gasteiger partial charge is 0.477 e. The van der Waals surface area contributed by atoms with E-state index in [-0.39, 0.29) is 11.7 Å². The van der Waals surface area contributed by atoms with Crippen LogP contribution < -0.4 is 0 Å². The Labute approximate surface area is 185 Å². The molecule has 0 radical (unpaired) electrons. The summed E-state index contributed by atoms with van der Waals surface area (Å²) in [5.41, 5.74) is 1.83. The van der Waals surface area contributed by atoms with Crippen LogP contribution in [-0.2, 0) is 11.3 Å². The Hall–Kier alpha value is -2.50. The van der Waals surface area contributed by atoms with Crippen LogP contribution in [0.3, 0.4) is 0 Å². The fraction of sp³-hybridized carbons (Fsp3) is 0.429. The first-order chi connectivity index (χ1) is 14.9. The lowest BCUT2D eigenvalue weighted by Gasteiger charge is -2.34. The number of carbonyl (C=O) groups is 2. The number of aromatic carboxylic acids is 1. The van der Waals surface area contributed by atoms with Crippen LogP contribution in [0.4, 0.5) is 17.6 Å². The van der Waals surface area contributed by atoms with Gasteiger partial charge in [-0.1, -0.05) is 12.1 Å². The Morgan fingerprint density at radius 2 is 1.69 bits per heavy atom. The van der Waals surface area contributed by atoms with Gasteiger partial charge in [-0.2, -0.15) is 13.2 Å². The van der Waals surface area contributed by atoms with Crippen molar-refractivity contribution in [2.45, 2.75) is 38.6 Å². The Morgan fingerprint density at radius 3 is 2.12 bits per heavy atom. The molecule has 2 heterocycles. The molecule has 11 heteroatoms. The molecule has 1 unspecified atom stereocenters. The van der Waals surface area contributed by atoms with E-state index in [1.807, 2.05) is 6.92 Å². The molecule has 1 aliphatic heterocycles. The summed E-state index contributed by atoms with van der Waals surface area (Å²) in [5.74, 6) is -3.76. The number of carboxylic acid groups (broad SMARTS) is 2. The van der Waals surface area contributed by atoms with Crippen LogP contribution in [0.1, 0.15) is 44.6 Å². The van der Waals surface area contributed by atoms with Gasteiger partial charge in [0.2, 0.25) is 0 Å². The zero-order valence-electron chi connectivity index (χ0n) is 17.1. The molecule has 2 aromatic rings. The molecule has 1 aromatic carbocycles. The molecule has 32 heavy (non-hydrogen) atoms. The summed E-state index contributed by atoms with van der Waals surface area (Å²) >= 11 is 1.32. The molecule has 176 valence electrons. The normalized spacial score (nSPS) is 16.2. The second-order valence-electron chi connectivity index (χ2n) is 7.41. The minimum absolute atomic E-state index is 0.167. The number of carboxylic acids is 2. The van der Waals surface area contributed by atoms with Crippen LogP contribution in [0.2, 0.25) is 0 Å². The van der Waals surface area contributed by atoms with Crippen molar-refractivity contribution in [3.8, 4) is 0 Å². The molecule has 0 amide bonds. The predicted octanol–water partition coefficient (Wildman–Crippen LogP) is 4.47. The van der Waals surface area contributed by atoms with Crippen LogP contribution >= 0.6 is 11.3 Å². The van der Waals surface area contributed by atoms with E-state index in [1.165, 1.54) is 23.5 Å². The number of aliphatic hydroxyl groups excluding tert-OH is 1. The molecular formula is C21H23F4NO5S. The van der Waals surface area contributed by atoms with E-state index in [9.17, 15) is 27.5 Å². The molecule has 3 N–H and O–H groups in total. The second-order valence-corrected chi connectivity index (χ2v) is 8.67. The predicted molar refractivity (Wildman–Crippen MR) is 109 cm³/mol. The van der Waals surface area contributed by atoms with Crippen molar-refractivity contribution in [1.82, 2.24) is 4.90 Å². The number of likely N-dealkylation sites (tertiary alicyclic amines) is 1. The van der Waals surface area contributed by atoms with Gasteiger partial charge in [0.15, 0.2) is 0 Å². The zero-order chi connectivity index (χ0) is 24.1. The topological polar surface area (TPSA) is 98.1 Å². The van der Waals surface area contributed by atoms with E-state index < -0.39 is 24.2 Å². The van der Waals surface area contributed by atoms with Gasteiger partial charge in [0, 0.05) is 11.4 Å². The number of piperidine rings is 1. The number of aliphatic carboxylic acids is 1. The maximum atomic E-state index is 13.0. The van der Waals surface area contributed by atoms with E-state index in [2.05, 4.69) is 4.90 Å². The Bertz CT molecular complexity index is 921. The van der Waals surface area contributed by atoms with E-state index in [4.69, 9.17) is 15.0 Å². The molecule has 3 rings (SSSR count). The van der Waals surface area contributed by atoms with E-state index in [1.54, 1.807) is 18.2 Å². The molecular weight excluding hydrogens is 454 g/mol. The first kappa shape index (κ1) is 25.8. The van der Waals surface area contributed by atoms with Crippen molar-refractivity contribution in [2.24, 2.45) is 5.92 Å². The van der Waals surface area contributed by atoms with Gasteiger partial charge in [-0.15, -0.1) is 11.3 Å². The van der Waals surface area contributed by atoms with Crippen molar-refractivity contribution >= 4 is 23.3 Å². The monoisotopic (exact) mass is 477 g/mol. The first-order valence-corrected chi connectivity index (χ1v) is 10.5. The highest BCUT2D eigenvalue weighted by Crippen LogP contribution is 2.32. The van der Waals surface area contributed by atoms with Gasteiger partial charge >= 0.3 is 18.1 Å². The lowest BCUT2D eigenvalue weighted by atomic mass is 9.87. The summed E-state index contributed by atoms with van der Waals surface area (Å²) in [7, 11) is 0. The van der Waals surface area contributed by atoms with Gasteiger partial charge in [0.05, 0.1) is 6.10 Å². The summed E-state index contributed by atoms with van der Waals surface area (Å²) in [6.45, 7) is 4.42. The Balaban J connectivity index is 0.000000451. The van der Waals surface area contributed by atoms with Gasteiger partial charge in [-0.05, 0) is 68.1 Å². The van der Waals surface area contributed by atoms with Gasteiger partial charge in [0.1, 0.15) is 10.7 Å². The van der Waals surface area contributed by atoms with Crippen molar-refractivity contribution in [2.75, 3.05) is 13.1 Å². The number of hydrogen-bond donors (Lipinski definition) is 3. The van der Waals surface area contributed by atoms with Gasteiger partial charge in [-0.25, -0.2) is 14.0 Å². The zero-order valence-corrected chi connectivity index (χ0v) is 17.9. The fourth-order valence-corrected chi connectivity index (χ4v) is 4.25. The Morgan fingerprint density at radius 1 is 1.16 bits per heavy atom. The highest BCUT2D eigenvalue weighted by molar-refractivity contribution is 7.14. The van der Waals surface area contributed by atoms with Gasteiger partial charge in [-0.3, -0.25) is 4.90 Å². The summed E-state index contributed by atoms with van der Waals surface area (Å²) in [6.07, 6.45) is -3.91. The van der Waals surface area contributed by atoms with Crippen molar-refractivity contribution in [3.63, 3.8) is 0 Å². The molecule has 1 saturated heterocycles. The molecule has 1 atom stereocenters. The number of hydrogen-bond acceptors (Lipinski definition) is 5. The van der Waals surface area contributed by atoms with Crippen LogP contribution in [0.15, 0.2) is 30.3 Å². The van der Waals surface area contributed by atoms with E-state index in [0.717, 1.165) is 48.5 Å². The largest absolute Gasteiger partial charge is 0.490 e. The third-order valence-corrected chi connectivity index (χ3v) is 6.24. The van der Waals surface area contributed by atoms with Gasteiger partial charge in [0.25, 0.3) is 0 Å². The molecule has 1 fully saturated rings. The standard InChI is InChI=1S/C19H22FNO3S.C2HF3O2/c1-12-15(10-17(25-12)19(23)24)11-21-8-6-14(7-9-21)18(22)13-2-4-16(20)5-3-13;3-2(4,5)1(6)7/h2-5,10,14,18,22H,6-9,11H2,1H3,(H,23,24);(H,6,7). The molecule has 0 saturated carbocycles. The molecule has 0 aliphatic carbocycles. The van der Waals surface area contributed by atoms with Crippen LogP contribution in [0.25, 0.3) is 0 Å². The summed E-state index contributed by atoms with van der Waals surface area (Å²) in [4.78, 5) is 23.7. The third-order valence-electron chi connectivity index (χ3n) is 5.16. The minimum Gasteiger partial charge on any atom is -0.477 e. The van der Waals surface area contributed by atoms with Crippen molar-refractivity contribution < 1.29 is 42.5 Å². The lowest BCUT2D eigenvalue weighted by Crippen LogP contribution is -2.35. The first-order valence-electron chi connectivity index (χ1n) is 9.67. The van der Waals surface area contributed by atoms with E-state index >= 15 is 0 Å². The number of thiophene rings is 1. The molecule has 1 aromatic heterocycles. The molecule has 6 nitrogen and oxygen atoms in total. The Kier molecular flexibility index (Phi) is 8.76. The highest BCUT2D eigenvalue weighted by atomic mass is 32.1. The molecule has 1 aliphatic rings. The van der Waals surface area contributed by atoms with Crippen molar-refractivity contribution in [3.05, 3.63) is 57.0 Å². The lowest BCUT2D eigenvalue weighted by molar-refractivity contribution is -0.192. The van der Waals surface area contributed by atoms with Crippen LogP contribution in [-0.4, -0.2) is 51.4 Å². The number of benzene rings is 1. The van der Waals surface area contributed by atoms with E-state index in [0.29, 0.717) is 4.88 Å². The number of alkyl halides is 3. The average Bonchev–Trinajstić information content (AvgIpc) is 3.09. The second kappa shape index (κ2) is 10.9. The summed E-state index contributed by atoms with van der Waals surface area (Å²) in [5, 5.41) is 26.7. The summed E-state index contributed by atoms with van der Waals surface area (Å²) < 4.78 is 44.7. The maximum Gasteiger partial charge on any atom is 0.490 e. The average molecular weight is 477 g/mol. The fourth-order valence-electron chi connectivity index (χ4n) is 3.38. The number of aryl methyl sites for hydroxylation is 1. The van der Waals surface area contributed by atoms with Crippen LogP contribution in [0.5, 0.6) is 0 Å². The summed E-state index contributed by atoms with van der Waals surface area (Å²) in [6, 6.07) is 7.82. The number of rotatable bonds is 5. The number of aliphatic hydroxyl groups is 1. The molecule has 0 spiro atoms. The SMILES string of the molecule is Cc1sc(C(=O)O)cc1CN1CCC(C(O)c2ccc(F)cc2)CC1.O=C(O)C(F)(F)F. The molecule has 0 bridgehead atoms. The van der Waals surface area contributed by atoms with Gasteiger partial charge < -0.3 is 15.3 Å². The number of halogens is 4. The third kappa shape index (κ3) is 7.28. The minimum atomic E-state index is -5.08. The number of nitrogens with zero attached hydrogens (tertiary/aromatic N) is 1. The van der Waals surface area contributed by atoms with Crippen molar-refractivity contribution in [1.29, 1.82) is 0 Å². The quantitative estimate of drug-likeness (QED) is 0.550.